The molecule has 3 rings (SSSR count). The fraction of sp³-hybridized carbons (Fsp3) is 0.300. The number of aryl methyl sites for hydroxylation is 2. The summed E-state index contributed by atoms with van der Waals surface area (Å²) in [4.78, 5) is 28.6. The minimum absolute atomic E-state index is 0.191. The third-order valence-electron chi connectivity index (χ3n) is 4.56. The topological polar surface area (TPSA) is 86.1 Å². The Balaban J connectivity index is 1.87. The molecule has 0 unspecified atom stereocenters. The largest absolute Gasteiger partial charge is 0.468 e. The fourth-order valence-corrected chi connectivity index (χ4v) is 4.13. The Morgan fingerprint density at radius 2 is 1.93 bits per heavy atom. The van der Waals surface area contributed by atoms with Crippen molar-refractivity contribution < 1.29 is 14.3 Å². The number of nitrogens with zero attached hydrogens (tertiary/aromatic N) is 3. The standard InChI is InChI=1S/C20H21ClN4O3S/c1-11-15(9-14-7-5-6-8-16(14)21)13(3)25(24-11)20-23-12(2)18(29-20)19(27)22-10-17(26)28-4/h5-8H,9-10H2,1-4H3,(H,22,27). The van der Waals surface area contributed by atoms with Gasteiger partial charge in [-0.3, -0.25) is 9.59 Å². The molecule has 1 amide bonds. The molecule has 0 spiro atoms. The van der Waals surface area contributed by atoms with E-state index in [4.69, 9.17) is 11.6 Å². The van der Waals surface area contributed by atoms with Gasteiger partial charge in [-0.15, -0.1) is 0 Å². The van der Waals surface area contributed by atoms with Crippen LogP contribution in [-0.2, 0) is 16.0 Å². The van der Waals surface area contributed by atoms with Gasteiger partial charge in [0.25, 0.3) is 5.91 Å². The molecule has 1 aromatic carbocycles. The third-order valence-corrected chi connectivity index (χ3v) is 6.06. The van der Waals surface area contributed by atoms with Crippen LogP contribution in [0.25, 0.3) is 5.13 Å². The first-order valence-corrected chi connectivity index (χ1v) is 10.1. The van der Waals surface area contributed by atoms with Crippen LogP contribution in [0.3, 0.4) is 0 Å². The molecule has 3 aromatic rings. The number of benzene rings is 1. The first-order valence-electron chi connectivity index (χ1n) is 8.93. The lowest BCUT2D eigenvalue weighted by molar-refractivity contribution is -0.139. The summed E-state index contributed by atoms with van der Waals surface area (Å²) in [6.45, 7) is 5.48. The SMILES string of the molecule is COC(=O)CNC(=O)c1sc(-n2nc(C)c(Cc3ccccc3Cl)c2C)nc1C. The van der Waals surface area contributed by atoms with Gasteiger partial charge in [0.15, 0.2) is 0 Å². The van der Waals surface area contributed by atoms with E-state index in [1.165, 1.54) is 18.4 Å². The van der Waals surface area contributed by atoms with Crippen LogP contribution >= 0.6 is 22.9 Å². The van der Waals surface area contributed by atoms with E-state index >= 15 is 0 Å². The molecule has 2 heterocycles. The Morgan fingerprint density at radius 3 is 2.62 bits per heavy atom. The van der Waals surface area contributed by atoms with Gasteiger partial charge < -0.3 is 10.1 Å². The van der Waals surface area contributed by atoms with Crippen molar-refractivity contribution in [2.75, 3.05) is 13.7 Å². The highest BCUT2D eigenvalue weighted by Gasteiger charge is 2.21. The number of amides is 1. The lowest BCUT2D eigenvalue weighted by atomic mass is 10.0. The molecule has 0 saturated heterocycles. The average molecular weight is 433 g/mol. The second-order valence-electron chi connectivity index (χ2n) is 6.50. The molecule has 0 aliphatic heterocycles. The van der Waals surface area contributed by atoms with E-state index < -0.39 is 5.97 Å². The van der Waals surface area contributed by atoms with Gasteiger partial charge in [0.2, 0.25) is 5.13 Å². The molecular formula is C20H21ClN4O3S. The van der Waals surface area contributed by atoms with Gasteiger partial charge >= 0.3 is 5.97 Å². The van der Waals surface area contributed by atoms with Gasteiger partial charge in [0.1, 0.15) is 11.4 Å². The van der Waals surface area contributed by atoms with E-state index in [1.807, 2.05) is 38.1 Å². The lowest BCUT2D eigenvalue weighted by Gasteiger charge is -2.05. The van der Waals surface area contributed by atoms with Crippen LogP contribution < -0.4 is 5.32 Å². The average Bonchev–Trinajstić information content (AvgIpc) is 3.22. The van der Waals surface area contributed by atoms with Crippen LogP contribution in [0.1, 0.15) is 37.9 Å². The van der Waals surface area contributed by atoms with E-state index in [-0.39, 0.29) is 12.5 Å². The number of halogens is 1. The van der Waals surface area contributed by atoms with Crippen molar-refractivity contribution in [3.8, 4) is 5.13 Å². The maximum Gasteiger partial charge on any atom is 0.325 e. The number of esters is 1. The molecule has 29 heavy (non-hydrogen) atoms. The van der Waals surface area contributed by atoms with E-state index in [0.717, 1.165) is 22.5 Å². The minimum atomic E-state index is -0.511. The normalized spacial score (nSPS) is 10.8. The molecule has 0 fully saturated rings. The van der Waals surface area contributed by atoms with Gasteiger partial charge in [-0.1, -0.05) is 41.1 Å². The number of hydrogen-bond acceptors (Lipinski definition) is 6. The minimum Gasteiger partial charge on any atom is -0.468 e. The second-order valence-corrected chi connectivity index (χ2v) is 7.88. The molecule has 2 aromatic heterocycles. The van der Waals surface area contributed by atoms with Crippen LogP contribution in [0.2, 0.25) is 5.02 Å². The Kier molecular flexibility index (Phi) is 6.34. The number of rotatable bonds is 6. The van der Waals surface area contributed by atoms with Gasteiger partial charge in [-0.2, -0.15) is 5.10 Å². The molecule has 1 N–H and O–H groups in total. The zero-order chi connectivity index (χ0) is 21.1. The number of carbonyl (C=O) groups excluding carboxylic acids is 2. The molecule has 152 valence electrons. The first-order chi connectivity index (χ1) is 13.8. The number of ether oxygens (including phenoxy) is 1. The Hall–Kier alpha value is -2.71. The quantitative estimate of drug-likeness (QED) is 0.603. The van der Waals surface area contributed by atoms with E-state index in [0.29, 0.717) is 27.1 Å². The number of hydrogen-bond donors (Lipinski definition) is 1. The van der Waals surface area contributed by atoms with Crippen LogP contribution in [0.15, 0.2) is 24.3 Å². The number of thiazole rings is 1. The van der Waals surface area contributed by atoms with Crippen LogP contribution in [-0.4, -0.2) is 40.3 Å². The van der Waals surface area contributed by atoms with Crippen LogP contribution in [0.5, 0.6) is 0 Å². The van der Waals surface area contributed by atoms with Crippen molar-refractivity contribution in [2.45, 2.75) is 27.2 Å². The highest BCUT2D eigenvalue weighted by molar-refractivity contribution is 7.16. The number of nitrogens with one attached hydrogen (secondary N) is 1. The third kappa shape index (κ3) is 4.49. The van der Waals surface area contributed by atoms with Gasteiger partial charge in [0, 0.05) is 22.7 Å². The summed E-state index contributed by atoms with van der Waals surface area (Å²) >= 11 is 7.53. The first kappa shape index (κ1) is 21.0. The highest BCUT2D eigenvalue weighted by atomic mass is 35.5. The Bertz CT molecular complexity index is 1070. The van der Waals surface area contributed by atoms with Gasteiger partial charge in [0.05, 0.1) is 18.5 Å². The molecule has 0 radical (unpaired) electrons. The molecule has 0 aliphatic carbocycles. The summed E-state index contributed by atoms with van der Waals surface area (Å²) in [6.07, 6.45) is 0.661. The lowest BCUT2D eigenvalue weighted by Crippen LogP contribution is -2.29. The molecule has 0 aliphatic rings. The maximum absolute atomic E-state index is 12.4. The molecule has 0 saturated carbocycles. The summed E-state index contributed by atoms with van der Waals surface area (Å²) in [5, 5.41) is 8.47. The molecule has 9 heteroatoms. The molecule has 7 nitrogen and oxygen atoms in total. The zero-order valence-electron chi connectivity index (χ0n) is 16.6. The van der Waals surface area contributed by atoms with E-state index in [9.17, 15) is 9.59 Å². The summed E-state index contributed by atoms with van der Waals surface area (Å²) in [7, 11) is 1.27. The van der Waals surface area contributed by atoms with Gasteiger partial charge in [-0.25, -0.2) is 9.67 Å². The zero-order valence-corrected chi connectivity index (χ0v) is 18.1. The number of aromatic nitrogens is 3. The maximum atomic E-state index is 12.4. The molecule has 0 bridgehead atoms. The summed E-state index contributed by atoms with van der Waals surface area (Å²) < 4.78 is 6.29. The Labute approximate surface area is 177 Å². The van der Waals surface area contributed by atoms with Crippen molar-refractivity contribution in [1.29, 1.82) is 0 Å². The van der Waals surface area contributed by atoms with E-state index in [1.54, 1.807) is 11.6 Å². The fourth-order valence-electron chi connectivity index (χ4n) is 2.94. The predicted molar refractivity (Wildman–Crippen MR) is 112 cm³/mol. The van der Waals surface area contributed by atoms with Gasteiger partial charge in [-0.05, 0) is 32.4 Å². The summed E-state index contributed by atoms with van der Waals surface area (Å²) in [5.74, 6) is -0.877. The van der Waals surface area contributed by atoms with Crippen LogP contribution in [0.4, 0.5) is 0 Å². The number of carbonyl (C=O) groups is 2. The smallest absolute Gasteiger partial charge is 0.325 e. The van der Waals surface area contributed by atoms with Crippen molar-refractivity contribution >= 4 is 34.8 Å². The van der Waals surface area contributed by atoms with Crippen molar-refractivity contribution in [3.63, 3.8) is 0 Å². The molecule has 0 atom stereocenters. The number of methoxy groups -OCH3 is 1. The summed E-state index contributed by atoms with van der Waals surface area (Å²) in [6, 6.07) is 7.73. The summed E-state index contributed by atoms with van der Waals surface area (Å²) in [5.41, 5.74) is 4.50. The second kappa shape index (κ2) is 8.75. The molecular weight excluding hydrogens is 412 g/mol. The highest BCUT2D eigenvalue weighted by Crippen LogP contribution is 2.27. The van der Waals surface area contributed by atoms with E-state index in [2.05, 4.69) is 20.1 Å². The Morgan fingerprint density at radius 1 is 1.21 bits per heavy atom. The predicted octanol–water partition coefficient (Wildman–Crippen LogP) is 3.40. The monoisotopic (exact) mass is 432 g/mol. The van der Waals surface area contributed by atoms with Crippen molar-refractivity contribution in [3.05, 3.63) is 62.4 Å². The van der Waals surface area contributed by atoms with Crippen molar-refractivity contribution in [1.82, 2.24) is 20.1 Å². The van der Waals surface area contributed by atoms with Crippen molar-refractivity contribution in [2.24, 2.45) is 0 Å². The van der Waals surface area contributed by atoms with Crippen LogP contribution in [0, 0.1) is 20.8 Å².